The summed E-state index contributed by atoms with van der Waals surface area (Å²) in [6.45, 7) is 11.1. The zero-order valence-electron chi connectivity index (χ0n) is 22.3. The molecule has 1 aromatic carbocycles. The summed E-state index contributed by atoms with van der Waals surface area (Å²) in [4.78, 5) is 22.1. The standard InChI is InChI=1S/C29H37N7O/c1-18-6-9-21(28(37)35-25-13-23(29(3,4)5)16-32-19(25)2)12-26(18)36(31)17-24(30)22-10-11-27(34-15-22)33-14-20-7-8-20/h6,9-13,15-17,20H,7-8,14,30-31H2,1-5H3,(H,33,34)(H,35,37)/b24-17-. The fraction of sp³-hybridized carbons (Fsp3) is 0.345. The molecule has 0 spiro atoms. The third kappa shape index (κ3) is 6.65. The Bertz CT molecular complexity index is 1300. The van der Waals surface area contributed by atoms with Crippen LogP contribution in [0.4, 0.5) is 17.2 Å². The average molecular weight is 500 g/mol. The number of nitrogens with one attached hydrogen (secondary N) is 2. The summed E-state index contributed by atoms with van der Waals surface area (Å²) < 4.78 is 0. The Morgan fingerprint density at radius 3 is 2.46 bits per heavy atom. The molecule has 8 heteroatoms. The molecule has 0 saturated heterocycles. The van der Waals surface area contributed by atoms with Gasteiger partial charge in [0.2, 0.25) is 0 Å². The van der Waals surface area contributed by atoms with Gasteiger partial charge in [0.25, 0.3) is 5.91 Å². The number of aryl methyl sites for hydroxylation is 2. The lowest BCUT2D eigenvalue weighted by Gasteiger charge is -2.21. The number of hydrogen-bond donors (Lipinski definition) is 4. The van der Waals surface area contributed by atoms with Gasteiger partial charge in [-0.2, -0.15) is 0 Å². The van der Waals surface area contributed by atoms with Crippen molar-refractivity contribution in [3.63, 3.8) is 0 Å². The monoisotopic (exact) mass is 499 g/mol. The first-order valence-corrected chi connectivity index (χ1v) is 12.6. The fourth-order valence-electron chi connectivity index (χ4n) is 3.83. The predicted molar refractivity (Wildman–Crippen MR) is 151 cm³/mol. The van der Waals surface area contributed by atoms with Gasteiger partial charge in [0, 0.05) is 36.3 Å². The van der Waals surface area contributed by atoms with Gasteiger partial charge in [0.1, 0.15) is 5.82 Å². The normalized spacial score (nSPS) is 13.8. The van der Waals surface area contributed by atoms with E-state index in [1.807, 2.05) is 44.3 Å². The lowest BCUT2D eigenvalue weighted by molar-refractivity contribution is 0.102. The third-order valence-corrected chi connectivity index (χ3v) is 6.59. The molecule has 37 heavy (non-hydrogen) atoms. The highest BCUT2D eigenvalue weighted by Crippen LogP contribution is 2.29. The van der Waals surface area contributed by atoms with Gasteiger partial charge in [-0.3, -0.25) is 14.8 Å². The molecule has 6 N–H and O–H groups in total. The van der Waals surface area contributed by atoms with E-state index in [1.54, 1.807) is 24.5 Å². The number of rotatable bonds is 8. The Morgan fingerprint density at radius 2 is 1.81 bits per heavy atom. The maximum absolute atomic E-state index is 13.1. The molecule has 0 radical (unpaired) electrons. The summed E-state index contributed by atoms with van der Waals surface area (Å²) in [7, 11) is 0. The number of aromatic nitrogens is 2. The van der Waals surface area contributed by atoms with Gasteiger partial charge in [-0.25, -0.2) is 10.8 Å². The summed E-state index contributed by atoms with van der Waals surface area (Å²) >= 11 is 0. The second-order valence-corrected chi connectivity index (χ2v) is 10.8. The van der Waals surface area contributed by atoms with Gasteiger partial charge >= 0.3 is 0 Å². The van der Waals surface area contributed by atoms with Crippen molar-refractivity contribution in [3.05, 3.63) is 82.9 Å². The van der Waals surface area contributed by atoms with Crippen molar-refractivity contribution in [3.8, 4) is 0 Å². The first-order chi connectivity index (χ1) is 17.5. The zero-order chi connectivity index (χ0) is 26.7. The number of nitrogens with zero attached hydrogens (tertiary/aromatic N) is 3. The van der Waals surface area contributed by atoms with E-state index in [0.717, 1.165) is 40.7 Å². The Hall–Kier alpha value is -3.91. The number of hydrogen-bond acceptors (Lipinski definition) is 7. The average Bonchev–Trinajstić information content (AvgIpc) is 3.68. The molecule has 8 nitrogen and oxygen atoms in total. The van der Waals surface area contributed by atoms with E-state index in [-0.39, 0.29) is 11.3 Å². The SMILES string of the molecule is Cc1ccc(C(=O)Nc2cc(C(C)(C)C)cnc2C)cc1N(N)/C=C(\N)c1ccc(NCC2CC2)nc1. The largest absolute Gasteiger partial charge is 0.397 e. The van der Waals surface area contributed by atoms with Crippen LogP contribution in [0, 0.1) is 19.8 Å². The van der Waals surface area contributed by atoms with Crippen LogP contribution in [0.15, 0.2) is 55.0 Å². The maximum atomic E-state index is 13.1. The molecule has 0 unspecified atom stereocenters. The molecule has 1 amide bonds. The lowest BCUT2D eigenvalue weighted by Crippen LogP contribution is -2.27. The van der Waals surface area contributed by atoms with Crippen molar-refractivity contribution < 1.29 is 4.79 Å². The van der Waals surface area contributed by atoms with Crippen LogP contribution in [0.3, 0.4) is 0 Å². The number of nitrogens with two attached hydrogens (primary N) is 2. The molecule has 0 atom stereocenters. The molecule has 194 valence electrons. The molecule has 2 aromatic heterocycles. The molecule has 1 aliphatic rings. The minimum Gasteiger partial charge on any atom is -0.397 e. The van der Waals surface area contributed by atoms with Crippen molar-refractivity contribution >= 4 is 28.8 Å². The van der Waals surface area contributed by atoms with E-state index in [0.29, 0.717) is 22.6 Å². The van der Waals surface area contributed by atoms with E-state index in [1.165, 1.54) is 17.9 Å². The molecule has 4 rings (SSSR count). The van der Waals surface area contributed by atoms with E-state index >= 15 is 0 Å². The van der Waals surface area contributed by atoms with Gasteiger partial charge < -0.3 is 16.4 Å². The van der Waals surface area contributed by atoms with Crippen LogP contribution in [-0.2, 0) is 5.41 Å². The van der Waals surface area contributed by atoms with Crippen LogP contribution in [-0.4, -0.2) is 22.4 Å². The number of anilines is 3. The summed E-state index contributed by atoms with van der Waals surface area (Å²) in [5.74, 6) is 7.74. The van der Waals surface area contributed by atoms with E-state index in [4.69, 9.17) is 11.6 Å². The second kappa shape index (κ2) is 10.6. The van der Waals surface area contributed by atoms with Gasteiger partial charge in [0.05, 0.1) is 22.8 Å². The van der Waals surface area contributed by atoms with Crippen molar-refractivity contribution in [1.29, 1.82) is 0 Å². The molecule has 2 heterocycles. The van der Waals surface area contributed by atoms with Crippen LogP contribution in [0.25, 0.3) is 5.70 Å². The molecule has 1 saturated carbocycles. The van der Waals surface area contributed by atoms with Crippen LogP contribution in [0.1, 0.15) is 66.4 Å². The Morgan fingerprint density at radius 1 is 1.08 bits per heavy atom. The van der Waals surface area contributed by atoms with E-state index in [9.17, 15) is 4.79 Å². The molecular formula is C29H37N7O. The van der Waals surface area contributed by atoms with Gasteiger partial charge in [-0.05, 0) is 79.5 Å². The Kier molecular flexibility index (Phi) is 7.50. The zero-order valence-corrected chi connectivity index (χ0v) is 22.3. The lowest BCUT2D eigenvalue weighted by atomic mass is 9.88. The van der Waals surface area contributed by atoms with Crippen LogP contribution >= 0.6 is 0 Å². The summed E-state index contributed by atoms with van der Waals surface area (Å²) in [5, 5.41) is 7.79. The van der Waals surface area contributed by atoms with E-state index in [2.05, 4.69) is 41.4 Å². The topological polar surface area (TPSA) is 122 Å². The smallest absolute Gasteiger partial charge is 0.255 e. The maximum Gasteiger partial charge on any atom is 0.255 e. The minimum atomic E-state index is -0.235. The van der Waals surface area contributed by atoms with Crippen molar-refractivity contribution in [2.75, 3.05) is 22.2 Å². The van der Waals surface area contributed by atoms with Gasteiger partial charge in [-0.15, -0.1) is 0 Å². The van der Waals surface area contributed by atoms with Crippen molar-refractivity contribution in [2.24, 2.45) is 17.5 Å². The third-order valence-electron chi connectivity index (χ3n) is 6.59. The molecule has 0 bridgehead atoms. The number of carbonyl (C=O) groups excluding carboxylic acids is 1. The predicted octanol–water partition coefficient (Wildman–Crippen LogP) is 5.10. The van der Waals surface area contributed by atoms with Gasteiger partial charge in [-0.1, -0.05) is 26.8 Å². The molecule has 1 aliphatic carbocycles. The number of benzene rings is 1. The summed E-state index contributed by atoms with van der Waals surface area (Å²) in [6.07, 6.45) is 7.80. The molecule has 0 aliphatic heterocycles. The minimum absolute atomic E-state index is 0.0769. The highest BCUT2D eigenvalue weighted by atomic mass is 16.1. The first kappa shape index (κ1) is 26.2. The fourth-order valence-corrected chi connectivity index (χ4v) is 3.83. The van der Waals surface area contributed by atoms with Crippen LogP contribution < -0.4 is 27.2 Å². The number of hydrazine groups is 1. The van der Waals surface area contributed by atoms with Crippen molar-refractivity contribution in [2.45, 2.75) is 52.9 Å². The number of amides is 1. The van der Waals surface area contributed by atoms with Crippen LogP contribution in [0.2, 0.25) is 0 Å². The Labute approximate surface area is 219 Å². The highest BCUT2D eigenvalue weighted by molar-refractivity contribution is 6.05. The quantitative estimate of drug-likeness (QED) is 0.251. The number of pyridine rings is 2. The highest BCUT2D eigenvalue weighted by Gasteiger charge is 2.21. The summed E-state index contributed by atoms with van der Waals surface area (Å²) in [6, 6.07) is 11.2. The van der Waals surface area contributed by atoms with Crippen LogP contribution in [0.5, 0.6) is 0 Å². The molecular weight excluding hydrogens is 462 g/mol. The van der Waals surface area contributed by atoms with E-state index < -0.39 is 0 Å². The summed E-state index contributed by atoms with van der Waals surface area (Å²) in [5.41, 5.74) is 12.0. The number of carbonyl (C=O) groups is 1. The molecule has 3 aromatic rings. The van der Waals surface area contributed by atoms with Crippen molar-refractivity contribution in [1.82, 2.24) is 9.97 Å². The first-order valence-electron chi connectivity index (χ1n) is 12.6. The molecule has 1 fully saturated rings. The second-order valence-electron chi connectivity index (χ2n) is 10.8. The Balaban J connectivity index is 1.49. The van der Waals surface area contributed by atoms with Gasteiger partial charge in [0.15, 0.2) is 0 Å².